The molecule has 0 radical (unpaired) electrons. The van der Waals surface area contributed by atoms with Crippen LogP contribution in [0.25, 0.3) is 0 Å². The molecule has 0 atom stereocenters. The molecule has 6 nitrogen and oxygen atoms in total. The number of rotatable bonds is 4. The van der Waals surface area contributed by atoms with E-state index in [9.17, 15) is 12.8 Å². The molecule has 3 N–H and O–H groups in total. The Hall–Kier alpha value is -2.35. The van der Waals surface area contributed by atoms with E-state index in [2.05, 4.69) is 9.71 Å². The highest BCUT2D eigenvalue weighted by Crippen LogP contribution is 2.24. The first-order chi connectivity index (χ1) is 9.44. The van der Waals surface area contributed by atoms with Crippen molar-refractivity contribution in [2.75, 3.05) is 17.6 Å². The first-order valence-corrected chi connectivity index (χ1v) is 6.98. The van der Waals surface area contributed by atoms with Gasteiger partial charge in [-0.2, -0.15) is 0 Å². The smallest absolute Gasteiger partial charge is 0.265 e. The fraction of sp³-hybridized carbons (Fsp3) is 0.0833. The van der Waals surface area contributed by atoms with Crippen LogP contribution in [-0.2, 0) is 10.0 Å². The molecule has 8 heteroatoms. The molecule has 0 saturated carbocycles. The van der Waals surface area contributed by atoms with E-state index < -0.39 is 15.8 Å². The third-order valence-electron chi connectivity index (χ3n) is 2.51. The highest BCUT2D eigenvalue weighted by atomic mass is 32.2. The normalized spacial score (nSPS) is 11.1. The Balaban J connectivity index is 2.34. The molecule has 2 aromatic rings. The van der Waals surface area contributed by atoms with E-state index in [1.165, 1.54) is 31.5 Å². The van der Waals surface area contributed by atoms with Gasteiger partial charge in [-0.3, -0.25) is 9.71 Å². The largest absolute Gasteiger partial charge is 0.494 e. The number of aromatic nitrogens is 1. The zero-order chi connectivity index (χ0) is 14.8. The summed E-state index contributed by atoms with van der Waals surface area (Å²) in [6.45, 7) is 0. The molecule has 0 aliphatic heterocycles. The van der Waals surface area contributed by atoms with Gasteiger partial charge in [0.2, 0.25) is 0 Å². The van der Waals surface area contributed by atoms with E-state index in [-0.39, 0.29) is 22.0 Å². The Labute approximate surface area is 115 Å². The maximum absolute atomic E-state index is 13.5. The van der Waals surface area contributed by atoms with Crippen LogP contribution in [0.2, 0.25) is 0 Å². The second-order valence-corrected chi connectivity index (χ2v) is 5.52. The van der Waals surface area contributed by atoms with Crippen molar-refractivity contribution in [2.24, 2.45) is 0 Å². The SMILES string of the molecule is COc1ccc(NS(=O)(=O)c2cnccc2N)cc1F. The number of hydrogen-bond donors (Lipinski definition) is 2. The lowest BCUT2D eigenvalue weighted by Gasteiger charge is -2.10. The molecule has 0 aliphatic rings. The fourth-order valence-corrected chi connectivity index (χ4v) is 2.68. The van der Waals surface area contributed by atoms with Gasteiger partial charge >= 0.3 is 0 Å². The Kier molecular flexibility index (Phi) is 3.75. The molecule has 20 heavy (non-hydrogen) atoms. The average Bonchev–Trinajstić information content (AvgIpc) is 2.38. The number of nitrogens with zero attached hydrogens (tertiary/aromatic N) is 1. The first-order valence-electron chi connectivity index (χ1n) is 5.50. The summed E-state index contributed by atoms with van der Waals surface area (Å²) in [6, 6.07) is 5.08. The highest BCUT2D eigenvalue weighted by molar-refractivity contribution is 7.92. The van der Waals surface area contributed by atoms with Gasteiger partial charge < -0.3 is 10.5 Å². The predicted octanol–water partition coefficient (Wildman–Crippen LogP) is 1.61. The summed E-state index contributed by atoms with van der Waals surface area (Å²) >= 11 is 0. The molecule has 106 valence electrons. The van der Waals surface area contributed by atoms with E-state index in [1.807, 2.05) is 0 Å². The highest BCUT2D eigenvalue weighted by Gasteiger charge is 2.18. The molecule has 0 saturated heterocycles. The van der Waals surface area contributed by atoms with Crippen LogP contribution in [-0.4, -0.2) is 20.5 Å². The molecule has 2 rings (SSSR count). The van der Waals surface area contributed by atoms with Crippen molar-refractivity contribution in [1.82, 2.24) is 4.98 Å². The maximum Gasteiger partial charge on any atom is 0.265 e. The van der Waals surface area contributed by atoms with Gasteiger partial charge in [-0.05, 0) is 18.2 Å². The Morgan fingerprint density at radius 1 is 1.35 bits per heavy atom. The molecule has 0 bridgehead atoms. The van der Waals surface area contributed by atoms with Crippen LogP contribution in [0, 0.1) is 5.82 Å². The number of benzene rings is 1. The molecule has 1 aromatic heterocycles. The fourth-order valence-electron chi connectivity index (χ4n) is 1.56. The van der Waals surface area contributed by atoms with Crippen LogP contribution >= 0.6 is 0 Å². The molecule has 0 unspecified atom stereocenters. The van der Waals surface area contributed by atoms with Crippen LogP contribution in [0.1, 0.15) is 0 Å². The van der Waals surface area contributed by atoms with E-state index in [4.69, 9.17) is 10.5 Å². The van der Waals surface area contributed by atoms with Crippen molar-refractivity contribution in [1.29, 1.82) is 0 Å². The zero-order valence-electron chi connectivity index (χ0n) is 10.5. The summed E-state index contributed by atoms with van der Waals surface area (Å²) in [7, 11) is -2.61. The van der Waals surface area contributed by atoms with E-state index in [1.54, 1.807) is 0 Å². The predicted molar refractivity (Wildman–Crippen MR) is 72.4 cm³/mol. The minimum atomic E-state index is -3.93. The quantitative estimate of drug-likeness (QED) is 0.894. The van der Waals surface area contributed by atoms with Crippen molar-refractivity contribution < 1.29 is 17.5 Å². The summed E-state index contributed by atoms with van der Waals surface area (Å²) in [6.07, 6.45) is 2.50. The third kappa shape index (κ3) is 2.80. The van der Waals surface area contributed by atoms with Gasteiger partial charge in [0, 0.05) is 18.5 Å². The summed E-state index contributed by atoms with van der Waals surface area (Å²) in [5.41, 5.74) is 5.70. The summed E-state index contributed by atoms with van der Waals surface area (Å²) in [5, 5.41) is 0. The lowest BCUT2D eigenvalue weighted by atomic mass is 10.3. The van der Waals surface area contributed by atoms with Crippen LogP contribution in [0.4, 0.5) is 15.8 Å². The van der Waals surface area contributed by atoms with Gasteiger partial charge in [0.25, 0.3) is 10.0 Å². The van der Waals surface area contributed by atoms with Gasteiger partial charge in [-0.1, -0.05) is 0 Å². The van der Waals surface area contributed by atoms with E-state index >= 15 is 0 Å². The molecule has 0 spiro atoms. The molecule has 0 aliphatic carbocycles. The van der Waals surface area contributed by atoms with Gasteiger partial charge in [0.1, 0.15) is 4.90 Å². The monoisotopic (exact) mass is 297 g/mol. The lowest BCUT2D eigenvalue weighted by Crippen LogP contribution is -2.15. The third-order valence-corrected chi connectivity index (χ3v) is 3.93. The van der Waals surface area contributed by atoms with E-state index in [0.717, 1.165) is 12.3 Å². The number of sulfonamides is 1. The number of hydrogen-bond acceptors (Lipinski definition) is 5. The van der Waals surface area contributed by atoms with Gasteiger partial charge in [0.15, 0.2) is 11.6 Å². The number of methoxy groups -OCH3 is 1. The standard InChI is InChI=1S/C12H12FN3O3S/c1-19-11-3-2-8(6-9(11)13)16-20(17,18)12-7-15-5-4-10(12)14/h2-7,16H,1H3,(H2,14,15). The first kappa shape index (κ1) is 14.1. The summed E-state index contributed by atoms with van der Waals surface area (Å²) < 4.78 is 44.7. The van der Waals surface area contributed by atoms with Crippen molar-refractivity contribution in [2.45, 2.75) is 4.90 Å². The zero-order valence-corrected chi connectivity index (χ0v) is 11.3. The number of ether oxygens (including phenoxy) is 1. The Morgan fingerprint density at radius 3 is 2.70 bits per heavy atom. The maximum atomic E-state index is 13.5. The van der Waals surface area contributed by atoms with Crippen LogP contribution in [0.15, 0.2) is 41.6 Å². The molecule has 0 fully saturated rings. The Morgan fingerprint density at radius 2 is 2.10 bits per heavy atom. The van der Waals surface area contributed by atoms with Crippen molar-refractivity contribution in [3.8, 4) is 5.75 Å². The molecule has 1 aromatic carbocycles. The number of nitrogens with one attached hydrogen (secondary N) is 1. The molecule has 0 amide bonds. The van der Waals surface area contributed by atoms with E-state index in [0.29, 0.717) is 0 Å². The van der Waals surface area contributed by atoms with Gasteiger partial charge in [-0.25, -0.2) is 12.8 Å². The topological polar surface area (TPSA) is 94.3 Å². The second kappa shape index (κ2) is 5.33. The van der Waals surface area contributed by atoms with Crippen LogP contribution in [0.3, 0.4) is 0 Å². The minimum Gasteiger partial charge on any atom is -0.494 e. The molecular weight excluding hydrogens is 285 g/mol. The number of anilines is 2. The second-order valence-electron chi connectivity index (χ2n) is 3.87. The number of halogens is 1. The summed E-state index contributed by atoms with van der Waals surface area (Å²) in [4.78, 5) is 3.53. The van der Waals surface area contributed by atoms with Crippen molar-refractivity contribution >= 4 is 21.4 Å². The van der Waals surface area contributed by atoms with Crippen LogP contribution in [0.5, 0.6) is 5.75 Å². The minimum absolute atomic E-state index is 0.0221. The molecular formula is C12H12FN3O3S. The summed E-state index contributed by atoms with van der Waals surface area (Å²) in [5.74, 6) is -0.652. The van der Waals surface area contributed by atoms with Crippen molar-refractivity contribution in [3.05, 3.63) is 42.5 Å². The number of nitrogens with two attached hydrogens (primary N) is 1. The van der Waals surface area contributed by atoms with Gasteiger partial charge in [-0.15, -0.1) is 0 Å². The van der Waals surface area contributed by atoms with Crippen LogP contribution < -0.4 is 15.2 Å². The van der Waals surface area contributed by atoms with Gasteiger partial charge in [0.05, 0.1) is 18.5 Å². The number of nitrogen functional groups attached to an aromatic ring is 1. The molecule has 1 heterocycles. The van der Waals surface area contributed by atoms with Crippen molar-refractivity contribution in [3.63, 3.8) is 0 Å². The average molecular weight is 297 g/mol. The lowest BCUT2D eigenvalue weighted by molar-refractivity contribution is 0.386. The number of pyridine rings is 1. The Bertz CT molecular complexity index is 734.